The molecule has 0 bridgehead atoms. The number of aromatic nitrogens is 2. The lowest BCUT2D eigenvalue weighted by Crippen LogP contribution is -2.14. The molecule has 3 heteroatoms. The van der Waals surface area contributed by atoms with E-state index in [0.29, 0.717) is 0 Å². The highest BCUT2D eigenvalue weighted by atomic mass is 15.2. The molecule has 3 nitrogen and oxygen atoms in total. The van der Waals surface area contributed by atoms with E-state index in [4.69, 9.17) is 0 Å². The second kappa shape index (κ2) is 14.1. The van der Waals surface area contributed by atoms with Gasteiger partial charge in [-0.05, 0) is 126 Å². The minimum absolute atomic E-state index is 1.04. The summed E-state index contributed by atoms with van der Waals surface area (Å²) >= 11 is 0. The molecule has 292 valence electrons. The van der Waals surface area contributed by atoms with Crippen molar-refractivity contribution in [2.24, 2.45) is 0 Å². The number of hydrogen-bond acceptors (Lipinski definition) is 1. The second-order valence-electron chi connectivity index (χ2n) is 16.7. The zero-order valence-electron chi connectivity index (χ0n) is 34.6. The van der Waals surface area contributed by atoms with Gasteiger partial charge in [0.05, 0.1) is 39.1 Å². The van der Waals surface area contributed by atoms with E-state index < -0.39 is 0 Å². The van der Waals surface area contributed by atoms with Gasteiger partial charge in [0.1, 0.15) is 0 Å². The van der Waals surface area contributed by atoms with E-state index in [-0.39, 0.29) is 0 Å². The van der Waals surface area contributed by atoms with E-state index in [1.54, 1.807) is 0 Å². The van der Waals surface area contributed by atoms with Gasteiger partial charge in [0, 0.05) is 38.3 Å². The molecular weight excluding hydrogens is 739 g/mol. The standard InChI is InChI=1S/C58H45N3/c1-3-16-40-31-32-41(37-49(40)43-18-5-4-17-38(43)2)39-33-35-42(36-34-39)59(53-27-12-13-28-54(53)60-50-24-9-6-19-44(50)45-20-7-10-25-51(45)60)55-29-15-30-56-57(55)48-23-14-22-47-46-21-8-11-26-52(46)61(56)58(47)48/h4-6,8-15,17-19,21-37H,3,7,16,20H2,1-2H3. The van der Waals surface area contributed by atoms with Crippen molar-refractivity contribution >= 4 is 72.1 Å². The summed E-state index contributed by atoms with van der Waals surface area (Å²) in [7, 11) is 0. The zero-order valence-corrected chi connectivity index (χ0v) is 34.6. The largest absolute Gasteiger partial charge is 0.308 e. The van der Waals surface area contributed by atoms with Gasteiger partial charge in [0.2, 0.25) is 0 Å². The number of anilines is 3. The molecule has 0 unspecified atom stereocenters. The molecule has 0 atom stereocenters. The molecule has 0 spiro atoms. The number of rotatable bonds is 8. The summed E-state index contributed by atoms with van der Waals surface area (Å²) in [4.78, 5) is 2.52. The predicted molar refractivity (Wildman–Crippen MR) is 260 cm³/mol. The Morgan fingerprint density at radius 3 is 2.11 bits per heavy atom. The van der Waals surface area contributed by atoms with Gasteiger partial charge in [-0.25, -0.2) is 0 Å². The third-order valence-corrected chi connectivity index (χ3v) is 13.2. The Morgan fingerprint density at radius 1 is 0.557 bits per heavy atom. The minimum atomic E-state index is 1.04. The molecule has 61 heavy (non-hydrogen) atoms. The molecule has 0 amide bonds. The van der Waals surface area contributed by atoms with Crippen LogP contribution in [0.25, 0.3) is 83.0 Å². The third-order valence-electron chi connectivity index (χ3n) is 13.2. The molecule has 11 aromatic rings. The number of hydrogen-bond donors (Lipinski definition) is 0. The van der Waals surface area contributed by atoms with Crippen LogP contribution in [0.3, 0.4) is 0 Å². The lowest BCUT2D eigenvalue weighted by atomic mass is 9.90. The normalized spacial score (nSPS) is 12.7. The average Bonchev–Trinajstić information content (AvgIpc) is 3.96. The van der Waals surface area contributed by atoms with Gasteiger partial charge in [-0.15, -0.1) is 0 Å². The van der Waals surface area contributed by atoms with Crippen LogP contribution >= 0.6 is 0 Å². The van der Waals surface area contributed by atoms with Crippen molar-refractivity contribution in [1.82, 2.24) is 8.97 Å². The van der Waals surface area contributed by atoms with E-state index in [9.17, 15) is 0 Å². The Hall–Kier alpha value is -7.36. The van der Waals surface area contributed by atoms with Crippen LogP contribution in [0.2, 0.25) is 0 Å². The van der Waals surface area contributed by atoms with E-state index >= 15 is 0 Å². The SMILES string of the molecule is CCCc1ccc(-c2ccc(N(c3ccccc3-n3c4c(c5ccccc53)CCC=C4)c3cccc4c3c3cccc5c6ccccc6n4c53)cc2)cc1-c1ccccc1C. The average molecular weight is 784 g/mol. The number of fused-ring (bicyclic) bond motifs is 9. The summed E-state index contributed by atoms with van der Waals surface area (Å²) in [6, 6.07) is 65.6. The topological polar surface area (TPSA) is 12.6 Å². The van der Waals surface area contributed by atoms with Crippen molar-refractivity contribution in [1.29, 1.82) is 0 Å². The summed E-state index contributed by atoms with van der Waals surface area (Å²) in [6.07, 6.45) is 8.94. The molecule has 0 radical (unpaired) electrons. The molecule has 3 aromatic heterocycles. The van der Waals surface area contributed by atoms with Crippen molar-refractivity contribution < 1.29 is 0 Å². The monoisotopic (exact) mass is 783 g/mol. The molecule has 0 aliphatic heterocycles. The lowest BCUT2D eigenvalue weighted by Gasteiger charge is -2.29. The summed E-state index contributed by atoms with van der Waals surface area (Å²) < 4.78 is 4.99. The molecule has 0 saturated carbocycles. The van der Waals surface area contributed by atoms with Gasteiger partial charge < -0.3 is 13.9 Å². The molecule has 0 saturated heterocycles. The van der Waals surface area contributed by atoms with E-state index in [1.807, 2.05) is 0 Å². The van der Waals surface area contributed by atoms with Crippen LogP contribution in [0.4, 0.5) is 17.1 Å². The van der Waals surface area contributed by atoms with Crippen molar-refractivity contribution in [3.8, 4) is 27.9 Å². The highest BCUT2D eigenvalue weighted by molar-refractivity contribution is 6.26. The molecule has 12 rings (SSSR count). The number of benzene rings is 8. The first kappa shape index (κ1) is 35.6. The maximum Gasteiger partial charge on any atom is 0.0702 e. The summed E-state index contributed by atoms with van der Waals surface area (Å²) in [5, 5.41) is 6.43. The van der Waals surface area contributed by atoms with Gasteiger partial charge in [0.15, 0.2) is 0 Å². The zero-order chi connectivity index (χ0) is 40.6. The highest BCUT2D eigenvalue weighted by Gasteiger charge is 2.26. The lowest BCUT2D eigenvalue weighted by molar-refractivity contribution is 0.923. The fourth-order valence-electron chi connectivity index (χ4n) is 10.5. The molecular formula is C58H45N3. The van der Waals surface area contributed by atoms with Crippen molar-refractivity contribution in [3.63, 3.8) is 0 Å². The number of nitrogens with zero attached hydrogens (tertiary/aromatic N) is 3. The molecule has 1 aliphatic carbocycles. The van der Waals surface area contributed by atoms with Crippen LogP contribution in [0.1, 0.15) is 42.1 Å². The van der Waals surface area contributed by atoms with Crippen LogP contribution in [-0.2, 0) is 12.8 Å². The Kier molecular flexibility index (Phi) is 8.25. The fourth-order valence-corrected chi connectivity index (χ4v) is 10.5. The highest BCUT2D eigenvalue weighted by Crippen LogP contribution is 2.48. The Morgan fingerprint density at radius 2 is 1.25 bits per heavy atom. The van der Waals surface area contributed by atoms with Gasteiger partial charge in [-0.3, -0.25) is 0 Å². The molecule has 0 fully saturated rings. The Bertz CT molecular complexity index is 3500. The number of aryl methyl sites for hydroxylation is 3. The predicted octanol–water partition coefficient (Wildman–Crippen LogP) is 15.8. The van der Waals surface area contributed by atoms with Crippen LogP contribution in [0.5, 0.6) is 0 Å². The van der Waals surface area contributed by atoms with Gasteiger partial charge in [-0.2, -0.15) is 0 Å². The number of allylic oxidation sites excluding steroid dienone is 1. The first-order chi connectivity index (χ1) is 30.2. The summed E-state index contributed by atoms with van der Waals surface area (Å²) in [6.45, 7) is 4.49. The second-order valence-corrected chi connectivity index (χ2v) is 16.7. The van der Waals surface area contributed by atoms with Gasteiger partial charge >= 0.3 is 0 Å². The summed E-state index contributed by atoms with van der Waals surface area (Å²) in [5.41, 5.74) is 20.0. The van der Waals surface area contributed by atoms with Gasteiger partial charge in [-0.1, -0.05) is 141 Å². The van der Waals surface area contributed by atoms with Gasteiger partial charge in [0.25, 0.3) is 0 Å². The van der Waals surface area contributed by atoms with E-state index in [0.717, 1.165) is 48.4 Å². The Labute approximate surface area is 356 Å². The van der Waals surface area contributed by atoms with Crippen LogP contribution < -0.4 is 4.90 Å². The molecule has 8 aromatic carbocycles. The quantitative estimate of drug-likeness (QED) is 0.150. The summed E-state index contributed by atoms with van der Waals surface area (Å²) in [5.74, 6) is 0. The molecule has 3 heterocycles. The third kappa shape index (κ3) is 5.43. The van der Waals surface area contributed by atoms with Crippen molar-refractivity contribution in [2.75, 3.05) is 4.90 Å². The van der Waals surface area contributed by atoms with E-state index in [2.05, 4.69) is 216 Å². The van der Waals surface area contributed by atoms with Crippen LogP contribution in [0.15, 0.2) is 182 Å². The molecule has 1 aliphatic rings. The maximum absolute atomic E-state index is 2.52. The van der Waals surface area contributed by atoms with Crippen LogP contribution in [-0.4, -0.2) is 8.97 Å². The minimum Gasteiger partial charge on any atom is -0.308 e. The van der Waals surface area contributed by atoms with Crippen molar-refractivity contribution in [2.45, 2.75) is 39.5 Å². The van der Waals surface area contributed by atoms with Crippen molar-refractivity contribution in [3.05, 3.63) is 204 Å². The Balaban J connectivity index is 1.10. The molecule has 0 N–H and O–H groups in total. The van der Waals surface area contributed by atoms with E-state index in [1.165, 1.54) is 93.6 Å². The van der Waals surface area contributed by atoms with Crippen LogP contribution in [0, 0.1) is 6.92 Å². The fraction of sp³-hybridized carbons (Fsp3) is 0.103. The number of para-hydroxylation sites is 5. The first-order valence-electron chi connectivity index (χ1n) is 21.8. The smallest absolute Gasteiger partial charge is 0.0702 e. The maximum atomic E-state index is 2.52. The first-order valence-corrected chi connectivity index (χ1v) is 21.8.